The minimum absolute atomic E-state index is 0.0251. The van der Waals surface area contributed by atoms with Gasteiger partial charge < -0.3 is 10.5 Å². The Morgan fingerprint density at radius 1 is 1.35 bits per heavy atom. The van der Waals surface area contributed by atoms with Crippen molar-refractivity contribution in [3.05, 3.63) is 29.6 Å². The maximum atomic E-state index is 13.0. The van der Waals surface area contributed by atoms with Gasteiger partial charge in [0.15, 0.2) is 9.84 Å². The van der Waals surface area contributed by atoms with Gasteiger partial charge in [-0.25, -0.2) is 12.8 Å². The highest BCUT2D eigenvalue weighted by Crippen LogP contribution is 2.14. The summed E-state index contributed by atoms with van der Waals surface area (Å²) in [7, 11) is -1.73. The van der Waals surface area contributed by atoms with Crippen LogP contribution in [0.25, 0.3) is 0 Å². The van der Waals surface area contributed by atoms with Gasteiger partial charge in [0.05, 0.1) is 11.5 Å². The molecule has 0 atom stereocenters. The Morgan fingerprint density at radius 2 is 2.06 bits per heavy atom. The molecule has 0 bridgehead atoms. The van der Waals surface area contributed by atoms with Crippen LogP contribution >= 0.6 is 0 Å². The SMILES string of the molecule is COCCCS(=O)(=O)Cc1cc(N)cc(F)c1. The number of hydrogen-bond acceptors (Lipinski definition) is 4. The molecule has 0 aliphatic carbocycles. The number of anilines is 1. The lowest BCUT2D eigenvalue weighted by atomic mass is 10.2. The van der Waals surface area contributed by atoms with Crippen LogP contribution in [0.4, 0.5) is 10.1 Å². The Balaban J connectivity index is 2.69. The fourth-order valence-corrected chi connectivity index (χ4v) is 2.88. The van der Waals surface area contributed by atoms with E-state index in [2.05, 4.69) is 0 Å². The molecule has 0 heterocycles. The van der Waals surface area contributed by atoms with Gasteiger partial charge in [0.25, 0.3) is 0 Å². The second-order valence-electron chi connectivity index (χ2n) is 3.83. The third-order valence-electron chi connectivity index (χ3n) is 2.17. The maximum absolute atomic E-state index is 13.0. The third-order valence-corrected chi connectivity index (χ3v) is 3.85. The summed E-state index contributed by atoms with van der Waals surface area (Å²) in [4.78, 5) is 0. The first kappa shape index (κ1) is 13.9. The van der Waals surface area contributed by atoms with E-state index >= 15 is 0 Å². The standard InChI is InChI=1S/C11H16FNO3S/c1-16-3-2-4-17(14,15)8-9-5-10(12)7-11(13)6-9/h5-7H,2-4,8,13H2,1H3. The monoisotopic (exact) mass is 261 g/mol. The van der Waals surface area contributed by atoms with Crippen molar-refractivity contribution in [2.24, 2.45) is 0 Å². The minimum Gasteiger partial charge on any atom is -0.399 e. The quantitative estimate of drug-likeness (QED) is 0.620. The van der Waals surface area contributed by atoms with E-state index < -0.39 is 15.7 Å². The van der Waals surface area contributed by atoms with Crippen LogP contribution in [-0.2, 0) is 20.3 Å². The lowest BCUT2D eigenvalue weighted by molar-refractivity contribution is 0.199. The number of nitrogen functional groups attached to an aromatic ring is 1. The van der Waals surface area contributed by atoms with Crippen molar-refractivity contribution >= 4 is 15.5 Å². The molecule has 6 heteroatoms. The van der Waals surface area contributed by atoms with E-state index in [9.17, 15) is 12.8 Å². The lowest BCUT2D eigenvalue weighted by Crippen LogP contribution is -2.11. The number of hydrogen-bond donors (Lipinski definition) is 1. The number of sulfone groups is 1. The van der Waals surface area contributed by atoms with Crippen molar-refractivity contribution in [1.82, 2.24) is 0 Å². The van der Waals surface area contributed by atoms with Gasteiger partial charge in [0, 0.05) is 19.4 Å². The van der Waals surface area contributed by atoms with Gasteiger partial charge in [0.2, 0.25) is 0 Å². The highest BCUT2D eigenvalue weighted by atomic mass is 32.2. The van der Waals surface area contributed by atoms with Crippen molar-refractivity contribution in [1.29, 1.82) is 0 Å². The zero-order chi connectivity index (χ0) is 12.9. The summed E-state index contributed by atoms with van der Waals surface area (Å²) >= 11 is 0. The summed E-state index contributed by atoms with van der Waals surface area (Å²) in [5.74, 6) is -0.692. The molecule has 0 aromatic heterocycles. The van der Waals surface area contributed by atoms with Gasteiger partial charge in [-0.05, 0) is 30.2 Å². The minimum atomic E-state index is -3.24. The maximum Gasteiger partial charge on any atom is 0.154 e. The molecule has 0 saturated carbocycles. The van der Waals surface area contributed by atoms with Gasteiger partial charge in [-0.2, -0.15) is 0 Å². The molecule has 1 aromatic rings. The van der Waals surface area contributed by atoms with Crippen LogP contribution in [-0.4, -0.2) is 27.9 Å². The summed E-state index contributed by atoms with van der Waals surface area (Å²) in [5, 5.41) is 0. The number of nitrogens with two attached hydrogens (primary N) is 1. The van der Waals surface area contributed by atoms with E-state index in [4.69, 9.17) is 10.5 Å². The molecule has 1 rings (SSSR count). The molecule has 0 spiro atoms. The average molecular weight is 261 g/mol. The van der Waals surface area contributed by atoms with Crippen LogP contribution in [0.3, 0.4) is 0 Å². The summed E-state index contributed by atoms with van der Waals surface area (Å²) in [6, 6.07) is 3.81. The topological polar surface area (TPSA) is 69.4 Å². The fraction of sp³-hybridized carbons (Fsp3) is 0.455. The first-order chi connectivity index (χ1) is 7.93. The molecular weight excluding hydrogens is 245 g/mol. The predicted octanol–water partition coefficient (Wildman–Crippen LogP) is 1.36. The van der Waals surface area contributed by atoms with E-state index in [1.165, 1.54) is 19.2 Å². The summed E-state index contributed by atoms with van der Waals surface area (Å²) in [6.07, 6.45) is 0.434. The van der Waals surface area contributed by atoms with Crippen LogP contribution in [0.5, 0.6) is 0 Å². The number of rotatable bonds is 6. The van der Waals surface area contributed by atoms with Gasteiger partial charge >= 0.3 is 0 Å². The molecule has 0 aliphatic rings. The molecule has 0 radical (unpaired) electrons. The summed E-state index contributed by atoms with van der Waals surface area (Å²) in [6.45, 7) is 0.393. The van der Waals surface area contributed by atoms with Crippen molar-refractivity contribution in [2.45, 2.75) is 12.2 Å². The van der Waals surface area contributed by atoms with Gasteiger partial charge in [0.1, 0.15) is 5.82 Å². The molecule has 1 aromatic carbocycles. The zero-order valence-corrected chi connectivity index (χ0v) is 10.5. The Bertz CT molecular complexity index is 453. The lowest BCUT2D eigenvalue weighted by Gasteiger charge is -2.05. The fourth-order valence-electron chi connectivity index (χ4n) is 1.51. The van der Waals surface area contributed by atoms with Crippen molar-refractivity contribution < 1.29 is 17.5 Å². The zero-order valence-electron chi connectivity index (χ0n) is 9.65. The van der Waals surface area contributed by atoms with Crippen molar-refractivity contribution in [2.75, 3.05) is 25.2 Å². The summed E-state index contributed by atoms with van der Waals surface area (Å²) in [5.41, 5.74) is 6.05. The highest BCUT2D eigenvalue weighted by molar-refractivity contribution is 7.90. The Kier molecular flexibility index (Phi) is 4.89. The van der Waals surface area contributed by atoms with Crippen LogP contribution in [0, 0.1) is 5.82 Å². The third kappa shape index (κ3) is 5.14. The molecule has 0 aliphatic heterocycles. The van der Waals surface area contributed by atoms with E-state index in [1.54, 1.807) is 0 Å². The molecular formula is C11H16FNO3S. The van der Waals surface area contributed by atoms with E-state index in [-0.39, 0.29) is 17.2 Å². The first-order valence-electron chi connectivity index (χ1n) is 5.17. The van der Waals surface area contributed by atoms with Crippen LogP contribution in [0.1, 0.15) is 12.0 Å². The van der Waals surface area contributed by atoms with Gasteiger partial charge in [-0.3, -0.25) is 0 Å². The number of ether oxygens (including phenoxy) is 1. The second-order valence-corrected chi connectivity index (χ2v) is 6.02. The largest absolute Gasteiger partial charge is 0.399 e. The molecule has 0 amide bonds. The normalized spacial score (nSPS) is 11.6. The van der Waals surface area contributed by atoms with Crippen molar-refractivity contribution in [3.63, 3.8) is 0 Å². The smallest absolute Gasteiger partial charge is 0.154 e. The van der Waals surface area contributed by atoms with E-state index in [0.29, 0.717) is 18.6 Å². The molecule has 2 N–H and O–H groups in total. The van der Waals surface area contributed by atoms with E-state index in [0.717, 1.165) is 6.07 Å². The average Bonchev–Trinajstić information content (AvgIpc) is 2.14. The highest BCUT2D eigenvalue weighted by Gasteiger charge is 2.12. The van der Waals surface area contributed by atoms with Crippen LogP contribution < -0.4 is 5.73 Å². The van der Waals surface area contributed by atoms with Gasteiger partial charge in [-0.1, -0.05) is 0 Å². The second kappa shape index (κ2) is 5.97. The molecule has 17 heavy (non-hydrogen) atoms. The van der Waals surface area contributed by atoms with Gasteiger partial charge in [-0.15, -0.1) is 0 Å². The van der Waals surface area contributed by atoms with Crippen LogP contribution in [0.2, 0.25) is 0 Å². The Morgan fingerprint density at radius 3 is 2.65 bits per heavy atom. The Hall–Kier alpha value is -1.14. The molecule has 0 fully saturated rings. The molecule has 0 unspecified atom stereocenters. The number of benzene rings is 1. The van der Waals surface area contributed by atoms with Crippen molar-refractivity contribution in [3.8, 4) is 0 Å². The predicted molar refractivity (Wildman–Crippen MR) is 64.8 cm³/mol. The van der Waals surface area contributed by atoms with Crippen LogP contribution in [0.15, 0.2) is 18.2 Å². The molecule has 4 nitrogen and oxygen atoms in total. The Labute approximate surface area is 101 Å². The molecule has 96 valence electrons. The summed E-state index contributed by atoms with van der Waals surface area (Å²) < 4.78 is 41.2. The number of halogens is 1. The number of methoxy groups -OCH3 is 1. The first-order valence-corrected chi connectivity index (χ1v) is 6.99. The van der Waals surface area contributed by atoms with E-state index in [1.807, 2.05) is 0 Å². The molecule has 0 saturated heterocycles.